The van der Waals surface area contributed by atoms with Gasteiger partial charge in [-0.1, -0.05) is 0 Å². The molecule has 2 aliphatic rings. The topological polar surface area (TPSA) is 69.7 Å². The summed E-state index contributed by atoms with van der Waals surface area (Å²) in [5.41, 5.74) is -0.920. The quantitative estimate of drug-likeness (QED) is 0.771. The van der Waals surface area contributed by atoms with Crippen LogP contribution in [0.15, 0.2) is 0 Å². The number of piperidine rings is 1. The zero-order valence-corrected chi connectivity index (χ0v) is 12.6. The van der Waals surface area contributed by atoms with Gasteiger partial charge in [0.2, 0.25) is 5.91 Å². The van der Waals surface area contributed by atoms with Crippen LogP contribution in [0, 0.1) is 0 Å². The number of carbonyl (C=O) groups excluding carboxylic acids is 3. The Hall–Kier alpha value is -1.59. The van der Waals surface area contributed by atoms with Crippen LogP contribution in [0.1, 0.15) is 47.0 Å². The van der Waals surface area contributed by atoms with Crippen molar-refractivity contribution in [2.45, 2.75) is 64.6 Å². The average Bonchev–Trinajstić information content (AvgIpc) is 2.51. The SMILES string of the molecule is CC1CCCC(C)N1C(=O)CN1C(=O)NC(C)(C)C1=O. The number of nitrogens with one attached hydrogen (secondary N) is 1. The Kier molecular flexibility index (Phi) is 3.75. The number of urea groups is 1. The predicted molar refractivity (Wildman–Crippen MR) is 73.9 cm³/mol. The molecule has 2 unspecified atom stereocenters. The molecule has 6 nitrogen and oxygen atoms in total. The zero-order valence-electron chi connectivity index (χ0n) is 12.6. The van der Waals surface area contributed by atoms with Gasteiger partial charge in [0.25, 0.3) is 5.91 Å². The van der Waals surface area contributed by atoms with Gasteiger partial charge in [0.1, 0.15) is 12.1 Å². The van der Waals surface area contributed by atoms with Crippen LogP contribution < -0.4 is 5.32 Å². The highest BCUT2D eigenvalue weighted by Crippen LogP contribution is 2.23. The molecule has 6 heteroatoms. The third kappa shape index (κ3) is 2.51. The van der Waals surface area contributed by atoms with Gasteiger partial charge in [0.05, 0.1) is 0 Å². The Balaban J connectivity index is 2.08. The Morgan fingerprint density at radius 2 is 1.80 bits per heavy atom. The molecule has 2 saturated heterocycles. The van der Waals surface area contributed by atoms with Crippen LogP contribution in [0.25, 0.3) is 0 Å². The Morgan fingerprint density at radius 3 is 2.25 bits per heavy atom. The fourth-order valence-electron chi connectivity index (χ4n) is 3.09. The fourth-order valence-corrected chi connectivity index (χ4v) is 3.09. The van der Waals surface area contributed by atoms with Crippen LogP contribution in [-0.2, 0) is 9.59 Å². The van der Waals surface area contributed by atoms with Gasteiger partial charge in [-0.15, -0.1) is 0 Å². The van der Waals surface area contributed by atoms with E-state index in [1.165, 1.54) is 0 Å². The molecular formula is C14H23N3O3. The van der Waals surface area contributed by atoms with Crippen LogP contribution in [0.4, 0.5) is 4.79 Å². The third-order valence-electron chi connectivity index (χ3n) is 4.22. The summed E-state index contributed by atoms with van der Waals surface area (Å²) >= 11 is 0. The van der Waals surface area contributed by atoms with E-state index in [0.717, 1.165) is 24.2 Å². The van der Waals surface area contributed by atoms with Crippen molar-refractivity contribution in [1.29, 1.82) is 0 Å². The van der Waals surface area contributed by atoms with Gasteiger partial charge in [-0.2, -0.15) is 0 Å². The summed E-state index contributed by atoms with van der Waals surface area (Å²) in [6.07, 6.45) is 3.06. The largest absolute Gasteiger partial charge is 0.336 e. The summed E-state index contributed by atoms with van der Waals surface area (Å²) < 4.78 is 0. The molecule has 0 aromatic heterocycles. The van der Waals surface area contributed by atoms with Crippen molar-refractivity contribution in [2.24, 2.45) is 0 Å². The maximum Gasteiger partial charge on any atom is 0.325 e. The van der Waals surface area contributed by atoms with Gasteiger partial charge < -0.3 is 10.2 Å². The monoisotopic (exact) mass is 281 g/mol. The van der Waals surface area contributed by atoms with Crippen molar-refractivity contribution in [3.63, 3.8) is 0 Å². The first kappa shape index (κ1) is 14.8. The number of nitrogens with zero attached hydrogens (tertiary/aromatic N) is 2. The molecule has 2 heterocycles. The summed E-state index contributed by atoms with van der Waals surface area (Å²) in [6, 6.07) is -0.147. The van der Waals surface area contributed by atoms with Crippen LogP contribution in [0.5, 0.6) is 0 Å². The lowest BCUT2D eigenvalue weighted by Gasteiger charge is -2.39. The van der Waals surface area contributed by atoms with Gasteiger partial charge >= 0.3 is 6.03 Å². The highest BCUT2D eigenvalue weighted by Gasteiger charge is 2.45. The standard InChI is InChI=1S/C14H23N3O3/c1-9-6-5-7-10(2)17(9)11(18)8-16-12(19)14(3,4)15-13(16)20/h9-10H,5-8H2,1-4H3,(H,15,20). The minimum absolute atomic E-state index is 0.147. The summed E-state index contributed by atoms with van der Waals surface area (Å²) in [5, 5.41) is 2.59. The number of rotatable bonds is 2. The van der Waals surface area contributed by atoms with E-state index in [9.17, 15) is 14.4 Å². The maximum atomic E-state index is 12.4. The lowest BCUT2D eigenvalue weighted by atomic mass is 9.97. The van der Waals surface area contributed by atoms with Gasteiger partial charge in [-0.3, -0.25) is 14.5 Å². The van der Waals surface area contributed by atoms with E-state index in [0.29, 0.717) is 0 Å². The maximum absolute atomic E-state index is 12.4. The minimum atomic E-state index is -0.920. The third-order valence-corrected chi connectivity index (χ3v) is 4.22. The smallest absolute Gasteiger partial charge is 0.325 e. The van der Waals surface area contributed by atoms with Crippen LogP contribution in [-0.4, -0.2) is 51.8 Å². The van der Waals surface area contributed by atoms with E-state index in [4.69, 9.17) is 0 Å². The molecule has 0 aromatic carbocycles. The molecule has 0 spiro atoms. The number of hydrogen-bond donors (Lipinski definition) is 1. The first-order valence-electron chi connectivity index (χ1n) is 7.19. The van der Waals surface area contributed by atoms with Gasteiger partial charge in [0.15, 0.2) is 0 Å². The van der Waals surface area contributed by atoms with Crippen LogP contribution in [0.2, 0.25) is 0 Å². The van der Waals surface area contributed by atoms with E-state index in [2.05, 4.69) is 5.32 Å². The number of imide groups is 1. The number of carbonyl (C=O) groups is 3. The Labute approximate surface area is 119 Å². The van der Waals surface area contributed by atoms with Gasteiger partial charge in [-0.05, 0) is 47.0 Å². The van der Waals surface area contributed by atoms with Crippen molar-refractivity contribution in [1.82, 2.24) is 15.1 Å². The second kappa shape index (κ2) is 5.07. The lowest BCUT2D eigenvalue weighted by molar-refractivity contribution is -0.142. The van der Waals surface area contributed by atoms with Crippen molar-refractivity contribution in [3.8, 4) is 0 Å². The molecule has 0 saturated carbocycles. The Bertz CT molecular complexity index is 437. The minimum Gasteiger partial charge on any atom is -0.336 e. The molecule has 2 rings (SSSR count). The molecule has 2 fully saturated rings. The van der Waals surface area contributed by atoms with Gasteiger partial charge in [0, 0.05) is 12.1 Å². The molecular weight excluding hydrogens is 258 g/mol. The number of hydrogen-bond acceptors (Lipinski definition) is 3. The van der Waals surface area contributed by atoms with Crippen molar-refractivity contribution >= 4 is 17.8 Å². The fraction of sp³-hybridized carbons (Fsp3) is 0.786. The lowest BCUT2D eigenvalue weighted by Crippen LogP contribution is -2.52. The van der Waals surface area contributed by atoms with E-state index in [-0.39, 0.29) is 30.4 Å². The van der Waals surface area contributed by atoms with E-state index in [1.54, 1.807) is 13.8 Å². The summed E-state index contributed by atoms with van der Waals surface area (Å²) in [7, 11) is 0. The van der Waals surface area contributed by atoms with Crippen LogP contribution in [0.3, 0.4) is 0 Å². The highest BCUT2D eigenvalue weighted by molar-refractivity contribution is 6.08. The molecule has 0 aromatic rings. The molecule has 0 radical (unpaired) electrons. The molecule has 112 valence electrons. The van der Waals surface area contributed by atoms with Crippen LogP contribution >= 0.6 is 0 Å². The molecule has 1 N–H and O–H groups in total. The summed E-state index contributed by atoms with van der Waals surface area (Å²) in [6.45, 7) is 7.16. The first-order chi connectivity index (χ1) is 9.24. The molecule has 4 amide bonds. The van der Waals surface area contributed by atoms with Crippen molar-refractivity contribution in [2.75, 3.05) is 6.54 Å². The second-order valence-electron chi connectivity index (χ2n) is 6.38. The summed E-state index contributed by atoms with van der Waals surface area (Å²) in [4.78, 5) is 39.2. The Morgan fingerprint density at radius 1 is 1.25 bits per heavy atom. The zero-order chi connectivity index (χ0) is 15.1. The molecule has 0 aliphatic carbocycles. The van der Waals surface area contributed by atoms with Crippen molar-refractivity contribution in [3.05, 3.63) is 0 Å². The van der Waals surface area contributed by atoms with E-state index < -0.39 is 11.6 Å². The number of amides is 4. The normalized spacial score (nSPS) is 29.6. The molecule has 20 heavy (non-hydrogen) atoms. The van der Waals surface area contributed by atoms with Gasteiger partial charge in [-0.25, -0.2) is 4.79 Å². The number of likely N-dealkylation sites (tertiary alicyclic amines) is 1. The highest BCUT2D eigenvalue weighted by atomic mass is 16.2. The molecule has 0 bridgehead atoms. The van der Waals surface area contributed by atoms with E-state index >= 15 is 0 Å². The predicted octanol–water partition coefficient (Wildman–Crippen LogP) is 1.11. The summed E-state index contributed by atoms with van der Waals surface area (Å²) in [5.74, 6) is -0.487. The molecule has 2 atom stereocenters. The van der Waals surface area contributed by atoms with E-state index in [1.807, 2.05) is 18.7 Å². The molecule has 2 aliphatic heterocycles. The van der Waals surface area contributed by atoms with Crippen molar-refractivity contribution < 1.29 is 14.4 Å². The second-order valence-corrected chi connectivity index (χ2v) is 6.38. The average molecular weight is 281 g/mol. The first-order valence-corrected chi connectivity index (χ1v) is 7.19.